The molecule has 1 rings (SSSR count). The molecule has 1 unspecified atom stereocenters. The molecular formula is C7H6BrF3N2. The molecule has 0 aliphatic rings. The number of aromatic nitrogens is 2. The number of rotatable bonds is 1. The van der Waals surface area contributed by atoms with Gasteiger partial charge in [-0.1, -0.05) is 15.9 Å². The van der Waals surface area contributed by atoms with E-state index in [0.29, 0.717) is 5.69 Å². The third kappa shape index (κ3) is 2.65. The lowest BCUT2D eigenvalue weighted by molar-refractivity contribution is -0.145. The van der Waals surface area contributed by atoms with E-state index < -0.39 is 12.0 Å². The Hall–Kier alpha value is -0.650. The monoisotopic (exact) mass is 254 g/mol. The van der Waals surface area contributed by atoms with Crippen molar-refractivity contribution in [2.75, 3.05) is 0 Å². The van der Waals surface area contributed by atoms with Gasteiger partial charge in [-0.15, -0.1) is 0 Å². The average Bonchev–Trinajstić information content (AvgIpc) is 2.03. The second-order valence-electron chi connectivity index (χ2n) is 2.42. The lowest BCUT2D eigenvalue weighted by atomic mass is 10.3. The van der Waals surface area contributed by atoms with E-state index in [1.54, 1.807) is 6.92 Å². The maximum atomic E-state index is 12.1. The Morgan fingerprint density at radius 1 is 1.46 bits per heavy atom. The quantitative estimate of drug-likeness (QED) is 0.721. The predicted octanol–water partition coefficient (Wildman–Crippen LogP) is 2.95. The van der Waals surface area contributed by atoms with Crippen LogP contribution in [0, 0.1) is 0 Å². The fourth-order valence-electron chi connectivity index (χ4n) is 0.731. The molecule has 72 valence electrons. The Labute approximate surface area is 81.3 Å². The van der Waals surface area contributed by atoms with Gasteiger partial charge in [0.2, 0.25) is 5.82 Å². The lowest BCUT2D eigenvalue weighted by Crippen LogP contribution is -2.12. The third-order valence-electron chi connectivity index (χ3n) is 1.34. The summed E-state index contributed by atoms with van der Waals surface area (Å²) in [5.74, 6) is -1.10. The van der Waals surface area contributed by atoms with Crippen molar-refractivity contribution in [3.8, 4) is 0 Å². The summed E-state index contributed by atoms with van der Waals surface area (Å²) in [4.78, 5) is 6.29. The van der Waals surface area contributed by atoms with Gasteiger partial charge in [0.1, 0.15) is 0 Å². The summed E-state index contributed by atoms with van der Waals surface area (Å²) in [5, 5.41) is 0. The average molecular weight is 255 g/mol. The van der Waals surface area contributed by atoms with Gasteiger partial charge in [0, 0.05) is 6.20 Å². The highest BCUT2D eigenvalue weighted by Gasteiger charge is 2.34. The van der Waals surface area contributed by atoms with Crippen LogP contribution < -0.4 is 0 Å². The highest BCUT2D eigenvalue weighted by atomic mass is 79.9. The predicted molar refractivity (Wildman–Crippen MR) is 44.4 cm³/mol. The number of hydrogen-bond acceptors (Lipinski definition) is 2. The maximum Gasteiger partial charge on any atom is 0.451 e. The molecule has 0 aliphatic heterocycles. The van der Waals surface area contributed by atoms with E-state index >= 15 is 0 Å². The van der Waals surface area contributed by atoms with Crippen LogP contribution in [0.2, 0.25) is 0 Å². The van der Waals surface area contributed by atoms with E-state index in [4.69, 9.17) is 0 Å². The molecule has 0 radical (unpaired) electrons. The first kappa shape index (κ1) is 10.4. The molecule has 0 aromatic carbocycles. The first-order valence-electron chi connectivity index (χ1n) is 3.45. The zero-order valence-corrected chi connectivity index (χ0v) is 8.22. The molecule has 13 heavy (non-hydrogen) atoms. The molecule has 6 heteroatoms. The third-order valence-corrected chi connectivity index (χ3v) is 1.81. The molecule has 1 atom stereocenters. The maximum absolute atomic E-state index is 12.1. The van der Waals surface area contributed by atoms with Crippen molar-refractivity contribution in [3.05, 3.63) is 23.8 Å². The minimum atomic E-state index is -4.47. The van der Waals surface area contributed by atoms with Gasteiger partial charge in [-0.2, -0.15) is 13.2 Å². The van der Waals surface area contributed by atoms with Crippen molar-refractivity contribution in [3.63, 3.8) is 0 Å². The zero-order chi connectivity index (χ0) is 10.1. The van der Waals surface area contributed by atoms with Crippen LogP contribution in [0.4, 0.5) is 13.2 Å². The summed E-state index contributed by atoms with van der Waals surface area (Å²) in [6.07, 6.45) is -3.37. The number of alkyl halides is 4. The van der Waals surface area contributed by atoms with E-state index in [9.17, 15) is 13.2 Å². The van der Waals surface area contributed by atoms with Gasteiger partial charge in [-0.3, -0.25) is 0 Å². The molecular weight excluding hydrogens is 249 g/mol. The normalized spacial score (nSPS) is 14.2. The van der Waals surface area contributed by atoms with E-state index in [-0.39, 0.29) is 4.83 Å². The summed E-state index contributed by atoms with van der Waals surface area (Å²) in [6, 6.07) is 1.44. The molecule has 0 bridgehead atoms. The fourth-order valence-corrected chi connectivity index (χ4v) is 0.986. The van der Waals surface area contributed by atoms with Gasteiger partial charge in [0.05, 0.1) is 10.5 Å². The SMILES string of the molecule is CC(Br)c1ccnc(C(F)(F)F)n1. The summed E-state index contributed by atoms with van der Waals surface area (Å²) in [7, 11) is 0. The molecule has 2 nitrogen and oxygen atoms in total. The molecule has 0 spiro atoms. The van der Waals surface area contributed by atoms with Gasteiger partial charge in [0.15, 0.2) is 0 Å². The van der Waals surface area contributed by atoms with Crippen molar-refractivity contribution in [2.45, 2.75) is 17.9 Å². The number of hydrogen-bond donors (Lipinski definition) is 0. The largest absolute Gasteiger partial charge is 0.451 e. The van der Waals surface area contributed by atoms with Crippen LogP contribution in [0.25, 0.3) is 0 Å². The molecule has 0 aliphatic carbocycles. The Morgan fingerprint density at radius 3 is 2.54 bits per heavy atom. The van der Waals surface area contributed by atoms with Crippen LogP contribution in [-0.4, -0.2) is 9.97 Å². The Balaban J connectivity index is 3.06. The number of halogens is 4. The van der Waals surface area contributed by atoms with Crippen molar-refractivity contribution in [1.82, 2.24) is 9.97 Å². The van der Waals surface area contributed by atoms with Crippen molar-refractivity contribution in [2.24, 2.45) is 0 Å². The van der Waals surface area contributed by atoms with Crippen LogP contribution in [0.15, 0.2) is 12.3 Å². The van der Waals surface area contributed by atoms with Gasteiger partial charge >= 0.3 is 6.18 Å². The Morgan fingerprint density at radius 2 is 2.08 bits per heavy atom. The second-order valence-corrected chi connectivity index (χ2v) is 3.79. The molecule has 0 saturated heterocycles. The zero-order valence-electron chi connectivity index (χ0n) is 6.64. The molecule has 1 aromatic heterocycles. The molecule has 0 fully saturated rings. The lowest BCUT2D eigenvalue weighted by Gasteiger charge is -2.07. The minimum Gasteiger partial charge on any atom is -0.233 e. The molecule has 0 amide bonds. The van der Waals surface area contributed by atoms with Crippen LogP contribution in [0.5, 0.6) is 0 Å². The van der Waals surface area contributed by atoms with Crippen LogP contribution in [-0.2, 0) is 6.18 Å². The highest BCUT2D eigenvalue weighted by molar-refractivity contribution is 9.09. The van der Waals surface area contributed by atoms with Crippen LogP contribution in [0.1, 0.15) is 23.3 Å². The Kier molecular flexibility index (Phi) is 2.90. The molecule has 0 N–H and O–H groups in total. The van der Waals surface area contributed by atoms with E-state index in [1.165, 1.54) is 6.07 Å². The van der Waals surface area contributed by atoms with Crippen LogP contribution in [0.3, 0.4) is 0 Å². The van der Waals surface area contributed by atoms with Gasteiger partial charge < -0.3 is 0 Å². The van der Waals surface area contributed by atoms with Crippen molar-refractivity contribution < 1.29 is 13.2 Å². The first-order chi connectivity index (χ1) is 5.91. The Bertz CT molecular complexity index is 298. The first-order valence-corrected chi connectivity index (χ1v) is 4.37. The summed E-state index contributed by atoms with van der Waals surface area (Å²) < 4.78 is 36.3. The fraction of sp³-hybridized carbons (Fsp3) is 0.429. The minimum absolute atomic E-state index is 0.211. The molecule has 1 heterocycles. The summed E-state index contributed by atoms with van der Waals surface area (Å²) in [6.45, 7) is 1.70. The highest BCUT2D eigenvalue weighted by Crippen LogP contribution is 2.27. The van der Waals surface area contributed by atoms with Gasteiger partial charge in [-0.25, -0.2) is 9.97 Å². The van der Waals surface area contributed by atoms with E-state index in [2.05, 4.69) is 25.9 Å². The second kappa shape index (κ2) is 3.61. The van der Waals surface area contributed by atoms with Crippen LogP contribution >= 0.6 is 15.9 Å². The molecule has 0 saturated carbocycles. The van der Waals surface area contributed by atoms with Crippen molar-refractivity contribution in [1.29, 1.82) is 0 Å². The topological polar surface area (TPSA) is 25.8 Å². The van der Waals surface area contributed by atoms with E-state index in [0.717, 1.165) is 6.20 Å². The standard InChI is InChI=1S/C7H6BrF3N2/c1-4(8)5-2-3-12-6(13-5)7(9,10)11/h2-4H,1H3. The van der Waals surface area contributed by atoms with Crippen molar-refractivity contribution >= 4 is 15.9 Å². The van der Waals surface area contributed by atoms with Gasteiger partial charge in [-0.05, 0) is 13.0 Å². The van der Waals surface area contributed by atoms with E-state index in [1.807, 2.05) is 0 Å². The number of nitrogens with zero attached hydrogens (tertiary/aromatic N) is 2. The smallest absolute Gasteiger partial charge is 0.233 e. The summed E-state index contributed by atoms with van der Waals surface area (Å²) in [5.41, 5.74) is 0.322. The van der Waals surface area contributed by atoms with Gasteiger partial charge in [0.25, 0.3) is 0 Å². The molecule has 1 aromatic rings. The summed E-state index contributed by atoms with van der Waals surface area (Å²) >= 11 is 3.13.